The van der Waals surface area contributed by atoms with E-state index in [1.165, 1.54) is 26.5 Å². The maximum atomic E-state index is 11.4. The van der Waals surface area contributed by atoms with Crippen LogP contribution in [0.5, 0.6) is 0 Å². The van der Waals surface area contributed by atoms with Crippen molar-refractivity contribution >= 4 is 28.8 Å². The molecule has 0 saturated heterocycles. The van der Waals surface area contributed by atoms with Crippen LogP contribution in [0.4, 0.5) is 5.82 Å². The highest BCUT2D eigenvalue weighted by atomic mass is 16.2. The number of imidazole rings is 1. The molecule has 0 bridgehead atoms. The first-order valence-corrected chi connectivity index (χ1v) is 4.56. The predicted molar refractivity (Wildman–Crippen MR) is 55.5 cm³/mol. The summed E-state index contributed by atoms with van der Waals surface area (Å²) in [7, 11) is 0. The number of imide groups is 1. The molecule has 0 aliphatic heterocycles. The van der Waals surface area contributed by atoms with Gasteiger partial charge in [-0.3, -0.25) is 9.59 Å². The van der Waals surface area contributed by atoms with Gasteiger partial charge in [-0.15, -0.1) is 0 Å². The smallest absolute Gasteiger partial charge is 0.231 e. The first-order valence-electron chi connectivity index (χ1n) is 4.56. The van der Waals surface area contributed by atoms with Crippen LogP contribution >= 0.6 is 0 Å². The van der Waals surface area contributed by atoms with E-state index in [0.29, 0.717) is 11.2 Å². The number of amides is 2. The standard InChI is InChI=1S/C9H9N5O2/c1-5(15)14(6(2)16)9-7-8(11-3-10-7)12-4-13-9/h3-4H,1-2H3,(H,10,11,12,13). The number of aromatic amines is 1. The van der Waals surface area contributed by atoms with E-state index in [-0.39, 0.29) is 5.82 Å². The van der Waals surface area contributed by atoms with Gasteiger partial charge < -0.3 is 4.98 Å². The van der Waals surface area contributed by atoms with E-state index in [1.807, 2.05) is 0 Å². The second kappa shape index (κ2) is 3.69. The van der Waals surface area contributed by atoms with Crippen molar-refractivity contribution in [1.29, 1.82) is 0 Å². The van der Waals surface area contributed by atoms with E-state index in [1.54, 1.807) is 0 Å². The van der Waals surface area contributed by atoms with Crippen molar-refractivity contribution in [2.45, 2.75) is 13.8 Å². The summed E-state index contributed by atoms with van der Waals surface area (Å²) in [6, 6.07) is 0. The van der Waals surface area contributed by atoms with Crippen molar-refractivity contribution in [3.05, 3.63) is 12.7 Å². The summed E-state index contributed by atoms with van der Waals surface area (Å²) in [6.45, 7) is 2.59. The highest BCUT2D eigenvalue weighted by Gasteiger charge is 2.21. The van der Waals surface area contributed by atoms with Gasteiger partial charge in [0.1, 0.15) is 11.8 Å². The Hall–Kier alpha value is -2.31. The van der Waals surface area contributed by atoms with E-state index in [9.17, 15) is 9.59 Å². The van der Waals surface area contributed by atoms with E-state index in [4.69, 9.17) is 0 Å². The van der Waals surface area contributed by atoms with Crippen LogP contribution in [0.2, 0.25) is 0 Å². The molecule has 2 aromatic heterocycles. The number of carbonyl (C=O) groups excluding carboxylic acids is 2. The topological polar surface area (TPSA) is 91.8 Å². The summed E-state index contributed by atoms with van der Waals surface area (Å²) in [6.07, 6.45) is 2.69. The summed E-state index contributed by atoms with van der Waals surface area (Å²) < 4.78 is 0. The Morgan fingerprint density at radius 1 is 1.19 bits per heavy atom. The zero-order valence-corrected chi connectivity index (χ0v) is 8.76. The second-order valence-electron chi connectivity index (χ2n) is 3.17. The number of hydrogen-bond donors (Lipinski definition) is 1. The van der Waals surface area contributed by atoms with Crippen molar-refractivity contribution in [3.8, 4) is 0 Å². The number of aromatic nitrogens is 4. The summed E-state index contributed by atoms with van der Waals surface area (Å²) in [5, 5.41) is 0. The summed E-state index contributed by atoms with van der Waals surface area (Å²) >= 11 is 0. The van der Waals surface area contributed by atoms with Crippen molar-refractivity contribution in [2.24, 2.45) is 0 Å². The van der Waals surface area contributed by atoms with Gasteiger partial charge in [-0.2, -0.15) is 0 Å². The first-order chi connectivity index (χ1) is 7.61. The van der Waals surface area contributed by atoms with Gasteiger partial charge in [-0.1, -0.05) is 0 Å². The maximum Gasteiger partial charge on any atom is 0.231 e. The molecule has 0 radical (unpaired) electrons. The molecule has 1 N–H and O–H groups in total. The third-order valence-electron chi connectivity index (χ3n) is 2.04. The Morgan fingerprint density at radius 2 is 1.88 bits per heavy atom. The summed E-state index contributed by atoms with van der Waals surface area (Å²) in [4.78, 5) is 38.2. The molecule has 7 nitrogen and oxygen atoms in total. The van der Waals surface area contributed by atoms with Crippen molar-refractivity contribution in [2.75, 3.05) is 4.90 Å². The zero-order valence-electron chi connectivity index (χ0n) is 8.76. The fraction of sp³-hybridized carbons (Fsp3) is 0.222. The number of rotatable bonds is 1. The largest absolute Gasteiger partial charge is 0.340 e. The van der Waals surface area contributed by atoms with Crippen LogP contribution < -0.4 is 4.90 Å². The molecule has 2 rings (SSSR count). The molecule has 0 aliphatic carbocycles. The normalized spacial score (nSPS) is 10.4. The molecule has 0 aliphatic rings. The van der Waals surface area contributed by atoms with Crippen LogP contribution in [0.25, 0.3) is 11.2 Å². The van der Waals surface area contributed by atoms with Gasteiger partial charge in [0.15, 0.2) is 11.5 Å². The number of fused-ring (bicyclic) bond motifs is 1. The van der Waals surface area contributed by atoms with E-state index >= 15 is 0 Å². The van der Waals surface area contributed by atoms with Crippen LogP contribution in [0.15, 0.2) is 12.7 Å². The lowest BCUT2D eigenvalue weighted by Gasteiger charge is -2.15. The number of anilines is 1. The maximum absolute atomic E-state index is 11.4. The SMILES string of the molecule is CC(=O)N(C(C)=O)c1ncnc2nc[nH]c12. The molecule has 0 spiro atoms. The third-order valence-corrected chi connectivity index (χ3v) is 2.04. The van der Waals surface area contributed by atoms with Gasteiger partial charge in [0.05, 0.1) is 6.33 Å². The molecule has 0 atom stereocenters. The molecular weight excluding hydrogens is 210 g/mol. The number of carbonyl (C=O) groups is 2. The van der Waals surface area contributed by atoms with Gasteiger partial charge in [-0.05, 0) is 0 Å². The molecule has 2 amide bonds. The number of nitrogens with one attached hydrogen (secondary N) is 1. The van der Waals surface area contributed by atoms with Crippen LogP contribution in [0.1, 0.15) is 13.8 Å². The molecule has 2 heterocycles. The van der Waals surface area contributed by atoms with Gasteiger partial charge >= 0.3 is 0 Å². The Balaban J connectivity index is 2.65. The highest BCUT2D eigenvalue weighted by Crippen LogP contribution is 2.19. The van der Waals surface area contributed by atoms with Crippen LogP contribution in [0.3, 0.4) is 0 Å². The fourth-order valence-electron chi connectivity index (χ4n) is 1.44. The summed E-state index contributed by atoms with van der Waals surface area (Å²) in [5.41, 5.74) is 0.880. The van der Waals surface area contributed by atoms with E-state index in [2.05, 4.69) is 19.9 Å². The Kier molecular flexibility index (Phi) is 2.35. The molecule has 2 aromatic rings. The third kappa shape index (κ3) is 1.52. The fourth-order valence-corrected chi connectivity index (χ4v) is 1.44. The van der Waals surface area contributed by atoms with Gasteiger partial charge in [0.25, 0.3) is 0 Å². The van der Waals surface area contributed by atoms with Crippen molar-refractivity contribution < 1.29 is 9.59 Å². The van der Waals surface area contributed by atoms with Gasteiger partial charge in [0.2, 0.25) is 11.8 Å². The molecule has 0 saturated carbocycles. The van der Waals surface area contributed by atoms with Crippen molar-refractivity contribution in [1.82, 2.24) is 19.9 Å². The first kappa shape index (κ1) is 10.2. The van der Waals surface area contributed by atoms with Crippen LogP contribution in [-0.2, 0) is 9.59 Å². The molecule has 82 valence electrons. The molecule has 0 aromatic carbocycles. The molecule has 7 heteroatoms. The monoisotopic (exact) mass is 219 g/mol. The van der Waals surface area contributed by atoms with Crippen LogP contribution in [-0.4, -0.2) is 31.8 Å². The highest BCUT2D eigenvalue weighted by molar-refractivity contribution is 6.15. The lowest BCUT2D eigenvalue weighted by atomic mass is 10.4. The quantitative estimate of drug-likeness (QED) is 0.742. The molecule has 16 heavy (non-hydrogen) atoms. The Bertz CT molecular complexity index is 548. The van der Waals surface area contributed by atoms with Crippen LogP contribution in [0, 0.1) is 0 Å². The van der Waals surface area contributed by atoms with Crippen molar-refractivity contribution in [3.63, 3.8) is 0 Å². The van der Waals surface area contributed by atoms with E-state index in [0.717, 1.165) is 4.90 Å². The number of nitrogens with zero attached hydrogens (tertiary/aromatic N) is 4. The minimum absolute atomic E-state index is 0.225. The minimum atomic E-state index is -0.401. The Morgan fingerprint density at radius 3 is 2.50 bits per heavy atom. The number of H-pyrrole nitrogens is 1. The number of hydrogen-bond acceptors (Lipinski definition) is 5. The second-order valence-corrected chi connectivity index (χ2v) is 3.17. The Labute approximate surface area is 90.5 Å². The predicted octanol–water partition coefficient (Wildman–Crippen LogP) is 0.252. The zero-order chi connectivity index (χ0) is 11.7. The van der Waals surface area contributed by atoms with E-state index < -0.39 is 11.8 Å². The molecule has 0 unspecified atom stereocenters. The summed E-state index contributed by atoms with van der Waals surface area (Å²) in [5.74, 6) is -0.577. The average molecular weight is 219 g/mol. The van der Waals surface area contributed by atoms with Gasteiger partial charge in [-0.25, -0.2) is 19.9 Å². The lowest BCUT2D eigenvalue weighted by molar-refractivity contribution is -0.124. The molecule has 0 fully saturated rings. The van der Waals surface area contributed by atoms with Gasteiger partial charge in [0, 0.05) is 13.8 Å². The minimum Gasteiger partial charge on any atom is -0.340 e. The average Bonchev–Trinajstić information content (AvgIpc) is 2.65. The lowest BCUT2D eigenvalue weighted by Crippen LogP contribution is -2.34. The molecular formula is C9H9N5O2.